The van der Waals surface area contributed by atoms with Crippen LogP contribution in [0.15, 0.2) is 12.3 Å². The second-order valence-electron chi connectivity index (χ2n) is 2.67. The number of rotatable bonds is 2. The molecule has 0 aliphatic rings. The van der Waals surface area contributed by atoms with Crippen LogP contribution in [0.25, 0.3) is 0 Å². The molecule has 0 saturated carbocycles. The van der Waals surface area contributed by atoms with E-state index in [0.29, 0.717) is 11.5 Å². The van der Waals surface area contributed by atoms with Crippen molar-refractivity contribution in [2.75, 3.05) is 5.32 Å². The van der Waals surface area contributed by atoms with Gasteiger partial charge in [-0.3, -0.25) is 20.3 Å². The van der Waals surface area contributed by atoms with Gasteiger partial charge >= 0.3 is 0 Å². The van der Waals surface area contributed by atoms with Crippen molar-refractivity contribution < 1.29 is 4.79 Å². The minimum Gasteiger partial charge on any atom is -0.288 e. The van der Waals surface area contributed by atoms with Crippen molar-refractivity contribution in [2.24, 2.45) is 0 Å². The van der Waals surface area contributed by atoms with Gasteiger partial charge in [0.2, 0.25) is 5.95 Å². The average molecular weight is 192 g/mol. The Morgan fingerprint density at radius 2 is 2.36 bits per heavy atom. The van der Waals surface area contributed by atoms with Crippen LogP contribution >= 0.6 is 0 Å². The summed E-state index contributed by atoms with van der Waals surface area (Å²) < 4.78 is 0. The Hall–Kier alpha value is -2.18. The molecule has 0 saturated heterocycles. The predicted octanol–water partition coefficient (Wildman–Crippen LogP) is 0.0885. The SMILES string of the molecule is Cc1nc(NC(=O)c2ccn[nH]2)n[nH]1. The number of nitrogens with one attached hydrogen (secondary N) is 3. The average Bonchev–Trinajstić information content (AvgIpc) is 2.75. The van der Waals surface area contributed by atoms with E-state index < -0.39 is 0 Å². The van der Waals surface area contributed by atoms with E-state index in [0.717, 1.165) is 0 Å². The largest absolute Gasteiger partial charge is 0.288 e. The van der Waals surface area contributed by atoms with Crippen LogP contribution in [0.2, 0.25) is 0 Å². The molecule has 0 fully saturated rings. The molecular formula is C7H8N6O. The zero-order valence-electron chi connectivity index (χ0n) is 7.40. The molecule has 0 bridgehead atoms. The first-order chi connectivity index (χ1) is 6.75. The first-order valence-corrected chi connectivity index (χ1v) is 3.95. The Morgan fingerprint density at radius 3 is 2.93 bits per heavy atom. The monoisotopic (exact) mass is 192 g/mol. The van der Waals surface area contributed by atoms with Gasteiger partial charge in [-0.1, -0.05) is 0 Å². The second kappa shape index (κ2) is 3.29. The number of carbonyl (C=O) groups excluding carboxylic acids is 1. The third-order valence-corrected chi connectivity index (χ3v) is 1.57. The molecule has 2 aromatic rings. The molecule has 2 aromatic heterocycles. The molecule has 3 N–H and O–H groups in total. The molecule has 0 spiro atoms. The van der Waals surface area contributed by atoms with Crippen molar-refractivity contribution in [3.05, 3.63) is 23.8 Å². The van der Waals surface area contributed by atoms with Crippen LogP contribution in [0.4, 0.5) is 5.95 Å². The van der Waals surface area contributed by atoms with E-state index in [-0.39, 0.29) is 11.9 Å². The van der Waals surface area contributed by atoms with Crippen LogP contribution in [0.1, 0.15) is 16.3 Å². The fourth-order valence-corrected chi connectivity index (χ4v) is 0.950. The lowest BCUT2D eigenvalue weighted by Gasteiger charge is -1.95. The minimum absolute atomic E-state index is 0.252. The minimum atomic E-state index is -0.318. The summed E-state index contributed by atoms with van der Waals surface area (Å²) in [5.74, 6) is 0.577. The standard InChI is InChI=1S/C7H8N6O/c1-4-9-7(13-11-4)10-6(14)5-2-3-8-12-5/h2-3H,1H3,(H,8,12)(H2,9,10,11,13,14). The van der Waals surface area contributed by atoms with Gasteiger partial charge in [-0.15, -0.1) is 5.10 Å². The van der Waals surface area contributed by atoms with Gasteiger partial charge in [0.15, 0.2) is 0 Å². The molecule has 0 atom stereocenters. The first-order valence-electron chi connectivity index (χ1n) is 3.95. The summed E-state index contributed by atoms with van der Waals surface area (Å²) in [5, 5.41) is 15.1. The summed E-state index contributed by atoms with van der Waals surface area (Å²) >= 11 is 0. The number of aryl methyl sites for hydroxylation is 1. The topological polar surface area (TPSA) is 99.3 Å². The predicted molar refractivity (Wildman–Crippen MR) is 47.7 cm³/mol. The molecule has 14 heavy (non-hydrogen) atoms. The number of nitrogens with zero attached hydrogens (tertiary/aromatic N) is 3. The summed E-state index contributed by atoms with van der Waals surface area (Å²) in [6, 6.07) is 1.56. The van der Waals surface area contributed by atoms with Gasteiger partial charge in [0, 0.05) is 6.20 Å². The number of hydrogen-bond acceptors (Lipinski definition) is 4. The summed E-state index contributed by atoms with van der Waals surface area (Å²) in [6.07, 6.45) is 1.50. The molecule has 0 unspecified atom stereocenters. The van der Waals surface area contributed by atoms with Crippen molar-refractivity contribution in [2.45, 2.75) is 6.92 Å². The Balaban J connectivity index is 2.09. The van der Waals surface area contributed by atoms with E-state index in [9.17, 15) is 4.79 Å². The van der Waals surface area contributed by atoms with E-state index in [1.54, 1.807) is 13.0 Å². The van der Waals surface area contributed by atoms with Gasteiger partial charge in [-0.05, 0) is 13.0 Å². The smallest absolute Gasteiger partial charge is 0.276 e. The first kappa shape index (κ1) is 8.42. The van der Waals surface area contributed by atoms with Crippen molar-refractivity contribution in [1.82, 2.24) is 25.4 Å². The fourth-order valence-electron chi connectivity index (χ4n) is 0.950. The summed E-state index contributed by atoms with van der Waals surface area (Å²) in [7, 11) is 0. The molecule has 2 rings (SSSR count). The van der Waals surface area contributed by atoms with Crippen LogP contribution in [0.3, 0.4) is 0 Å². The molecule has 1 amide bonds. The number of hydrogen-bond donors (Lipinski definition) is 3. The van der Waals surface area contributed by atoms with E-state index >= 15 is 0 Å². The van der Waals surface area contributed by atoms with Gasteiger partial charge in [-0.25, -0.2) is 0 Å². The number of H-pyrrole nitrogens is 2. The number of aromatic nitrogens is 5. The zero-order chi connectivity index (χ0) is 9.97. The van der Waals surface area contributed by atoms with Gasteiger partial charge in [0.25, 0.3) is 5.91 Å². The van der Waals surface area contributed by atoms with Gasteiger partial charge in [0.05, 0.1) is 0 Å². The maximum absolute atomic E-state index is 11.4. The highest BCUT2D eigenvalue weighted by Crippen LogP contribution is 2.00. The molecule has 0 aliphatic heterocycles. The second-order valence-corrected chi connectivity index (χ2v) is 2.67. The van der Waals surface area contributed by atoms with Crippen molar-refractivity contribution >= 4 is 11.9 Å². The molecule has 0 aromatic carbocycles. The molecule has 0 radical (unpaired) electrons. The Bertz CT molecular complexity index is 431. The van der Waals surface area contributed by atoms with Gasteiger partial charge < -0.3 is 0 Å². The van der Waals surface area contributed by atoms with Crippen LogP contribution < -0.4 is 5.32 Å². The molecule has 7 nitrogen and oxygen atoms in total. The molecule has 72 valence electrons. The molecule has 7 heteroatoms. The Morgan fingerprint density at radius 1 is 1.50 bits per heavy atom. The summed E-state index contributed by atoms with van der Waals surface area (Å²) in [4.78, 5) is 15.3. The Kier molecular flexibility index (Phi) is 1.98. The van der Waals surface area contributed by atoms with Crippen LogP contribution in [0.5, 0.6) is 0 Å². The van der Waals surface area contributed by atoms with Crippen LogP contribution in [-0.2, 0) is 0 Å². The fraction of sp³-hybridized carbons (Fsp3) is 0.143. The highest BCUT2D eigenvalue weighted by Gasteiger charge is 2.09. The number of anilines is 1. The van der Waals surface area contributed by atoms with Gasteiger partial charge in [-0.2, -0.15) is 10.1 Å². The normalized spacial score (nSPS) is 10.1. The van der Waals surface area contributed by atoms with Crippen molar-refractivity contribution in [1.29, 1.82) is 0 Å². The highest BCUT2D eigenvalue weighted by atomic mass is 16.2. The molecule has 0 aliphatic carbocycles. The van der Waals surface area contributed by atoms with Crippen molar-refractivity contribution in [3.63, 3.8) is 0 Å². The number of amides is 1. The van der Waals surface area contributed by atoms with E-state index in [2.05, 4.69) is 30.7 Å². The third-order valence-electron chi connectivity index (χ3n) is 1.57. The number of carbonyl (C=O) groups is 1. The molecule has 2 heterocycles. The molecular weight excluding hydrogens is 184 g/mol. The van der Waals surface area contributed by atoms with E-state index in [1.165, 1.54) is 6.20 Å². The van der Waals surface area contributed by atoms with Gasteiger partial charge in [0.1, 0.15) is 11.5 Å². The van der Waals surface area contributed by atoms with E-state index in [1.807, 2.05) is 0 Å². The zero-order valence-corrected chi connectivity index (χ0v) is 7.40. The highest BCUT2D eigenvalue weighted by molar-refractivity contribution is 6.01. The summed E-state index contributed by atoms with van der Waals surface area (Å²) in [6.45, 7) is 1.75. The lowest BCUT2D eigenvalue weighted by Crippen LogP contribution is -2.13. The lowest BCUT2D eigenvalue weighted by molar-refractivity contribution is 0.102. The quantitative estimate of drug-likeness (QED) is 0.627. The lowest BCUT2D eigenvalue weighted by atomic mass is 10.4. The number of aromatic amines is 2. The third kappa shape index (κ3) is 1.60. The maximum Gasteiger partial charge on any atom is 0.276 e. The Labute approximate surface area is 78.9 Å². The van der Waals surface area contributed by atoms with E-state index in [4.69, 9.17) is 0 Å². The van der Waals surface area contributed by atoms with Crippen molar-refractivity contribution in [3.8, 4) is 0 Å². The summed E-state index contributed by atoms with van der Waals surface area (Å²) in [5.41, 5.74) is 0.368. The maximum atomic E-state index is 11.4. The van der Waals surface area contributed by atoms with Crippen LogP contribution in [0, 0.1) is 6.92 Å². The van der Waals surface area contributed by atoms with Crippen LogP contribution in [-0.4, -0.2) is 31.3 Å².